The summed E-state index contributed by atoms with van der Waals surface area (Å²) in [5, 5.41) is 5.66. The molecule has 0 unspecified atom stereocenters. The van der Waals surface area contributed by atoms with E-state index >= 15 is 0 Å². The molecule has 0 bridgehead atoms. The summed E-state index contributed by atoms with van der Waals surface area (Å²) in [6.07, 6.45) is 6.32. The summed E-state index contributed by atoms with van der Waals surface area (Å²) >= 11 is 1.72. The highest BCUT2D eigenvalue weighted by Crippen LogP contribution is 2.41. The summed E-state index contributed by atoms with van der Waals surface area (Å²) in [5.41, 5.74) is 0. The summed E-state index contributed by atoms with van der Waals surface area (Å²) in [6.45, 7) is 0. The Kier molecular flexibility index (Phi) is 0.946. The number of aromatic nitrogens is 3. The van der Waals surface area contributed by atoms with Gasteiger partial charge in [-0.1, -0.05) is 11.3 Å². The maximum Gasteiger partial charge on any atom is 0.212 e. The number of hydrogen-bond donors (Lipinski definition) is 0. The minimum Gasteiger partial charge on any atom is -0.226 e. The fourth-order valence-corrected chi connectivity index (χ4v) is 2.17. The topological polar surface area (TPSA) is 30.2 Å². The lowest BCUT2D eigenvalue weighted by molar-refractivity contribution is 0.904. The molecule has 1 fully saturated rings. The standard InChI is InChI=1S/C7H7N3S/c1-2-5(1)6-9-10-4-3-8-7(10)11-6/h3-5H,1-2H2. The van der Waals surface area contributed by atoms with Crippen molar-refractivity contribution in [2.45, 2.75) is 18.8 Å². The molecule has 4 heteroatoms. The van der Waals surface area contributed by atoms with Gasteiger partial charge in [-0.15, -0.1) is 0 Å². The molecular formula is C7H7N3S. The second-order valence-electron chi connectivity index (χ2n) is 2.87. The van der Waals surface area contributed by atoms with Crippen molar-refractivity contribution in [3.05, 3.63) is 17.4 Å². The van der Waals surface area contributed by atoms with Gasteiger partial charge in [0.25, 0.3) is 0 Å². The van der Waals surface area contributed by atoms with E-state index in [1.165, 1.54) is 17.8 Å². The number of hydrogen-bond acceptors (Lipinski definition) is 3. The Balaban J connectivity index is 2.22. The van der Waals surface area contributed by atoms with Crippen molar-refractivity contribution in [3.8, 4) is 0 Å². The second-order valence-corrected chi connectivity index (χ2v) is 3.86. The van der Waals surface area contributed by atoms with Gasteiger partial charge in [0.05, 0.1) is 6.20 Å². The minimum absolute atomic E-state index is 0.752. The summed E-state index contributed by atoms with van der Waals surface area (Å²) in [6, 6.07) is 0. The molecule has 2 aromatic heterocycles. The summed E-state index contributed by atoms with van der Waals surface area (Å²) in [4.78, 5) is 5.19. The largest absolute Gasteiger partial charge is 0.226 e. The average molecular weight is 165 g/mol. The predicted molar refractivity (Wildman–Crippen MR) is 42.8 cm³/mol. The Labute approximate surface area is 67.7 Å². The number of rotatable bonds is 1. The smallest absolute Gasteiger partial charge is 0.212 e. The van der Waals surface area contributed by atoms with Crippen molar-refractivity contribution in [3.63, 3.8) is 0 Å². The van der Waals surface area contributed by atoms with Crippen molar-refractivity contribution in [1.29, 1.82) is 0 Å². The summed E-state index contributed by atoms with van der Waals surface area (Å²) in [5.74, 6) is 0.752. The number of imidazole rings is 1. The van der Waals surface area contributed by atoms with Crippen LogP contribution >= 0.6 is 11.3 Å². The zero-order valence-corrected chi connectivity index (χ0v) is 6.71. The highest BCUT2D eigenvalue weighted by atomic mass is 32.1. The SMILES string of the molecule is c1cn2nc(C3CC3)sc2n1. The zero-order valence-electron chi connectivity index (χ0n) is 5.90. The molecule has 0 saturated heterocycles. The van der Waals surface area contributed by atoms with Crippen LogP contribution < -0.4 is 0 Å². The van der Waals surface area contributed by atoms with E-state index in [4.69, 9.17) is 0 Å². The van der Waals surface area contributed by atoms with E-state index in [9.17, 15) is 0 Å². The maximum atomic E-state index is 4.41. The van der Waals surface area contributed by atoms with Crippen LogP contribution in [0.2, 0.25) is 0 Å². The Hall–Kier alpha value is -0.900. The molecule has 0 aromatic carbocycles. The molecule has 56 valence electrons. The van der Waals surface area contributed by atoms with Gasteiger partial charge in [0.1, 0.15) is 5.01 Å². The van der Waals surface area contributed by atoms with Crippen molar-refractivity contribution >= 4 is 16.3 Å². The number of fused-ring (bicyclic) bond motifs is 1. The van der Waals surface area contributed by atoms with E-state index in [1.54, 1.807) is 17.5 Å². The Morgan fingerprint density at radius 3 is 3.18 bits per heavy atom. The molecule has 1 aliphatic carbocycles. The third-order valence-corrected chi connectivity index (χ3v) is 3.02. The van der Waals surface area contributed by atoms with E-state index in [-0.39, 0.29) is 0 Å². The molecule has 0 aliphatic heterocycles. The molecule has 1 aliphatic rings. The van der Waals surface area contributed by atoms with Crippen LogP contribution in [0.4, 0.5) is 0 Å². The Morgan fingerprint density at radius 1 is 1.55 bits per heavy atom. The maximum absolute atomic E-state index is 4.41. The lowest BCUT2D eigenvalue weighted by Gasteiger charge is -1.81. The van der Waals surface area contributed by atoms with Crippen molar-refractivity contribution < 1.29 is 0 Å². The van der Waals surface area contributed by atoms with E-state index in [2.05, 4.69) is 10.1 Å². The van der Waals surface area contributed by atoms with Gasteiger partial charge >= 0.3 is 0 Å². The van der Waals surface area contributed by atoms with E-state index in [1.807, 2.05) is 10.7 Å². The van der Waals surface area contributed by atoms with Gasteiger partial charge in [0, 0.05) is 12.1 Å². The first kappa shape index (κ1) is 5.71. The van der Waals surface area contributed by atoms with E-state index in [0.717, 1.165) is 10.9 Å². The van der Waals surface area contributed by atoms with Gasteiger partial charge < -0.3 is 0 Å². The lowest BCUT2D eigenvalue weighted by Crippen LogP contribution is -1.82. The van der Waals surface area contributed by atoms with Gasteiger partial charge in [-0.25, -0.2) is 9.50 Å². The predicted octanol–water partition coefficient (Wildman–Crippen LogP) is 1.67. The van der Waals surface area contributed by atoms with Gasteiger partial charge in [-0.3, -0.25) is 0 Å². The van der Waals surface area contributed by atoms with Crippen molar-refractivity contribution in [2.24, 2.45) is 0 Å². The first-order valence-corrected chi connectivity index (χ1v) is 4.55. The third-order valence-electron chi connectivity index (χ3n) is 1.92. The Bertz CT molecular complexity index is 356. The molecule has 0 atom stereocenters. The average Bonchev–Trinajstić information content (AvgIpc) is 2.60. The fraction of sp³-hybridized carbons (Fsp3) is 0.429. The van der Waals surface area contributed by atoms with Crippen LogP contribution in [0.1, 0.15) is 23.8 Å². The molecule has 1 saturated carbocycles. The minimum atomic E-state index is 0.752. The van der Waals surface area contributed by atoms with E-state index in [0.29, 0.717) is 0 Å². The Morgan fingerprint density at radius 2 is 2.45 bits per heavy atom. The quantitative estimate of drug-likeness (QED) is 0.643. The molecular weight excluding hydrogens is 158 g/mol. The first-order valence-electron chi connectivity index (χ1n) is 3.73. The van der Waals surface area contributed by atoms with E-state index < -0.39 is 0 Å². The fourth-order valence-electron chi connectivity index (χ4n) is 1.15. The molecule has 0 spiro atoms. The van der Waals surface area contributed by atoms with Crippen LogP contribution in [0.15, 0.2) is 12.4 Å². The molecule has 0 amide bonds. The summed E-state index contributed by atoms with van der Waals surface area (Å²) < 4.78 is 1.86. The third kappa shape index (κ3) is 0.790. The molecule has 0 N–H and O–H groups in total. The molecule has 0 radical (unpaired) electrons. The van der Waals surface area contributed by atoms with Gasteiger partial charge in [-0.2, -0.15) is 5.10 Å². The van der Waals surface area contributed by atoms with Gasteiger partial charge in [0.15, 0.2) is 0 Å². The van der Waals surface area contributed by atoms with Crippen LogP contribution in [0.3, 0.4) is 0 Å². The first-order chi connectivity index (χ1) is 5.43. The van der Waals surface area contributed by atoms with Crippen LogP contribution in [0, 0.1) is 0 Å². The second kappa shape index (κ2) is 1.82. The van der Waals surface area contributed by atoms with Gasteiger partial charge in [-0.05, 0) is 12.8 Å². The highest BCUT2D eigenvalue weighted by molar-refractivity contribution is 7.16. The summed E-state index contributed by atoms with van der Waals surface area (Å²) in [7, 11) is 0. The highest BCUT2D eigenvalue weighted by Gasteiger charge is 2.27. The van der Waals surface area contributed by atoms with Crippen molar-refractivity contribution in [1.82, 2.24) is 14.6 Å². The van der Waals surface area contributed by atoms with Crippen LogP contribution in [-0.4, -0.2) is 14.6 Å². The van der Waals surface area contributed by atoms with Crippen LogP contribution in [0.25, 0.3) is 4.96 Å². The van der Waals surface area contributed by atoms with Gasteiger partial charge in [0.2, 0.25) is 4.96 Å². The molecule has 2 heterocycles. The molecule has 3 nitrogen and oxygen atoms in total. The monoisotopic (exact) mass is 165 g/mol. The van der Waals surface area contributed by atoms with Crippen molar-refractivity contribution in [2.75, 3.05) is 0 Å². The zero-order chi connectivity index (χ0) is 7.26. The molecule has 3 rings (SSSR count). The lowest BCUT2D eigenvalue weighted by atomic mass is 10.5. The molecule has 11 heavy (non-hydrogen) atoms. The normalized spacial score (nSPS) is 17.8. The van der Waals surface area contributed by atoms with Crippen LogP contribution in [-0.2, 0) is 0 Å². The van der Waals surface area contributed by atoms with Crippen LogP contribution in [0.5, 0.6) is 0 Å². The molecule has 2 aromatic rings. The number of nitrogens with zero attached hydrogens (tertiary/aromatic N) is 3.